The van der Waals surface area contributed by atoms with E-state index in [-0.39, 0.29) is 13.2 Å². The average molecular weight is 558 g/mol. The fraction of sp³-hybridized carbons (Fsp3) is 0.500. The third kappa shape index (κ3) is 7.25. The molecule has 212 valence electrons. The molecule has 1 saturated heterocycles. The summed E-state index contributed by atoms with van der Waals surface area (Å²) in [5.74, 6) is 3.09. The van der Waals surface area contributed by atoms with Gasteiger partial charge in [0.25, 0.3) is 0 Å². The summed E-state index contributed by atoms with van der Waals surface area (Å²) in [4.78, 5) is 6.49. The standard InChI is InChI=1S/C30H40ClN3O5/c1-5-28-32-10-13-34(28)11-6-14-38-25-8-7-23(17-26(25)37-4)18-33-12-9-27(35)30(36,19-33)20-39-24-15-21(2)29(31)22(3)16-24/h7-8,10,13,15-17,27,35-36H,5-6,9,11-12,14,18-20H2,1-4H3/t27-,30-/m0/s1. The second-order valence-electron chi connectivity index (χ2n) is 10.4. The van der Waals surface area contributed by atoms with Crippen molar-refractivity contribution in [3.05, 3.63) is 70.3 Å². The maximum absolute atomic E-state index is 11.3. The highest BCUT2D eigenvalue weighted by Crippen LogP contribution is 2.31. The van der Waals surface area contributed by atoms with Crippen molar-refractivity contribution in [3.63, 3.8) is 0 Å². The average Bonchev–Trinajstić information content (AvgIpc) is 3.38. The molecule has 0 bridgehead atoms. The molecule has 2 heterocycles. The fourth-order valence-electron chi connectivity index (χ4n) is 5.08. The first-order valence-electron chi connectivity index (χ1n) is 13.5. The van der Waals surface area contributed by atoms with Gasteiger partial charge in [0.05, 0.1) is 19.8 Å². The van der Waals surface area contributed by atoms with Crippen molar-refractivity contribution in [2.24, 2.45) is 0 Å². The van der Waals surface area contributed by atoms with Gasteiger partial charge >= 0.3 is 0 Å². The summed E-state index contributed by atoms with van der Waals surface area (Å²) in [7, 11) is 1.64. The van der Waals surface area contributed by atoms with Crippen molar-refractivity contribution in [2.75, 3.05) is 33.4 Å². The van der Waals surface area contributed by atoms with Gasteiger partial charge in [-0.25, -0.2) is 4.98 Å². The van der Waals surface area contributed by atoms with Crippen molar-refractivity contribution in [3.8, 4) is 17.2 Å². The molecule has 2 atom stereocenters. The normalized spacial score (nSPS) is 19.7. The molecule has 3 aromatic rings. The van der Waals surface area contributed by atoms with Gasteiger partial charge in [0.2, 0.25) is 0 Å². The highest BCUT2D eigenvalue weighted by molar-refractivity contribution is 6.32. The zero-order valence-electron chi connectivity index (χ0n) is 23.3. The molecular formula is C30H40ClN3O5. The van der Waals surface area contributed by atoms with Gasteiger partial charge in [-0.05, 0) is 67.6 Å². The van der Waals surface area contributed by atoms with E-state index in [1.165, 1.54) is 0 Å². The third-order valence-corrected chi connectivity index (χ3v) is 7.88. The molecule has 2 aromatic carbocycles. The second kappa shape index (κ2) is 13.0. The van der Waals surface area contributed by atoms with Crippen LogP contribution in [-0.2, 0) is 19.5 Å². The molecule has 0 saturated carbocycles. The summed E-state index contributed by atoms with van der Waals surface area (Å²) in [6.07, 6.45) is 5.18. The minimum atomic E-state index is -1.39. The molecule has 39 heavy (non-hydrogen) atoms. The number of aliphatic hydroxyl groups is 2. The lowest BCUT2D eigenvalue weighted by atomic mass is 9.90. The number of halogens is 1. The van der Waals surface area contributed by atoms with E-state index in [1.54, 1.807) is 7.11 Å². The van der Waals surface area contributed by atoms with Gasteiger partial charge in [0.15, 0.2) is 11.5 Å². The Kier molecular flexibility index (Phi) is 9.77. The quantitative estimate of drug-likeness (QED) is 0.315. The van der Waals surface area contributed by atoms with Crippen molar-refractivity contribution in [1.82, 2.24) is 14.5 Å². The van der Waals surface area contributed by atoms with E-state index < -0.39 is 11.7 Å². The van der Waals surface area contributed by atoms with Crippen LogP contribution in [0.4, 0.5) is 0 Å². The first-order valence-corrected chi connectivity index (χ1v) is 13.9. The Morgan fingerprint density at radius 3 is 2.62 bits per heavy atom. The number of hydrogen-bond acceptors (Lipinski definition) is 7. The predicted molar refractivity (Wildman–Crippen MR) is 152 cm³/mol. The molecule has 4 rings (SSSR count). The van der Waals surface area contributed by atoms with Crippen LogP contribution in [0.1, 0.15) is 42.3 Å². The summed E-state index contributed by atoms with van der Waals surface area (Å²) >= 11 is 6.27. The number of methoxy groups -OCH3 is 1. The topological polar surface area (TPSA) is 89.2 Å². The Morgan fingerprint density at radius 2 is 1.90 bits per heavy atom. The number of aryl methyl sites for hydroxylation is 4. The molecule has 1 aliphatic heterocycles. The number of aromatic nitrogens is 2. The lowest BCUT2D eigenvalue weighted by Gasteiger charge is -2.42. The van der Waals surface area contributed by atoms with Crippen LogP contribution in [-0.4, -0.2) is 69.8 Å². The van der Waals surface area contributed by atoms with Gasteiger partial charge in [-0.2, -0.15) is 0 Å². The summed E-state index contributed by atoms with van der Waals surface area (Å²) < 4.78 is 19.7. The van der Waals surface area contributed by atoms with Crippen molar-refractivity contribution in [1.29, 1.82) is 0 Å². The van der Waals surface area contributed by atoms with Gasteiger partial charge < -0.3 is 29.0 Å². The summed E-state index contributed by atoms with van der Waals surface area (Å²) in [6, 6.07) is 9.62. The minimum Gasteiger partial charge on any atom is -0.493 e. The first kappa shape index (κ1) is 29.2. The largest absolute Gasteiger partial charge is 0.493 e. The van der Waals surface area contributed by atoms with E-state index in [0.29, 0.717) is 48.4 Å². The highest BCUT2D eigenvalue weighted by atomic mass is 35.5. The van der Waals surface area contributed by atoms with Crippen molar-refractivity contribution >= 4 is 11.6 Å². The molecule has 0 unspecified atom stereocenters. The Balaban J connectivity index is 1.33. The molecule has 1 fully saturated rings. The number of piperidine rings is 1. The number of benzene rings is 2. The van der Waals surface area contributed by atoms with Crippen LogP contribution in [0.3, 0.4) is 0 Å². The zero-order valence-corrected chi connectivity index (χ0v) is 24.1. The van der Waals surface area contributed by atoms with Crippen molar-refractivity contribution in [2.45, 2.75) is 64.8 Å². The van der Waals surface area contributed by atoms with Crippen LogP contribution in [0, 0.1) is 13.8 Å². The van der Waals surface area contributed by atoms with E-state index in [1.807, 2.05) is 56.6 Å². The number of nitrogens with zero attached hydrogens (tertiary/aromatic N) is 3. The van der Waals surface area contributed by atoms with Gasteiger partial charge in [-0.3, -0.25) is 4.90 Å². The molecule has 1 aliphatic rings. The number of β-amino-alcohol motifs (C(OH)–C–C–N with tert-alkyl or cyclic N) is 1. The van der Waals surface area contributed by atoms with Crippen LogP contribution in [0.15, 0.2) is 42.7 Å². The Morgan fingerprint density at radius 1 is 1.13 bits per heavy atom. The highest BCUT2D eigenvalue weighted by Gasteiger charge is 2.42. The van der Waals surface area contributed by atoms with E-state index in [4.69, 9.17) is 25.8 Å². The molecule has 0 amide bonds. The molecule has 1 aromatic heterocycles. The Labute approximate surface area is 236 Å². The van der Waals surface area contributed by atoms with Crippen molar-refractivity contribution < 1.29 is 24.4 Å². The number of ether oxygens (including phenoxy) is 3. The van der Waals surface area contributed by atoms with Gasteiger partial charge in [0, 0.05) is 50.0 Å². The van der Waals surface area contributed by atoms with Gasteiger partial charge in [0.1, 0.15) is 23.8 Å². The maximum atomic E-state index is 11.3. The van der Waals surface area contributed by atoms with E-state index in [0.717, 1.165) is 41.9 Å². The number of imidazole rings is 1. The van der Waals surface area contributed by atoms with Crippen LogP contribution in [0.25, 0.3) is 0 Å². The molecule has 8 nitrogen and oxygen atoms in total. The zero-order chi connectivity index (χ0) is 28.0. The van der Waals surface area contributed by atoms with Crippen LogP contribution in [0.5, 0.6) is 17.2 Å². The smallest absolute Gasteiger partial charge is 0.161 e. The summed E-state index contributed by atoms with van der Waals surface area (Å²) in [6.45, 7) is 8.90. The molecule has 0 spiro atoms. The fourth-order valence-corrected chi connectivity index (χ4v) is 5.19. The SMILES string of the molecule is CCc1nccn1CCCOc1ccc(CN2CC[C@H](O)[C@@](O)(COc3cc(C)c(Cl)c(C)c3)C2)cc1OC. The lowest BCUT2D eigenvalue weighted by molar-refractivity contribution is -0.140. The Bertz CT molecular complexity index is 1230. The first-order chi connectivity index (χ1) is 18.7. The monoisotopic (exact) mass is 557 g/mol. The molecular weight excluding hydrogens is 518 g/mol. The number of aliphatic hydroxyl groups excluding tert-OH is 1. The molecule has 0 aliphatic carbocycles. The van der Waals surface area contributed by atoms with Crippen LogP contribution in [0.2, 0.25) is 5.02 Å². The van der Waals surface area contributed by atoms with Gasteiger partial charge in [-0.1, -0.05) is 24.6 Å². The second-order valence-corrected chi connectivity index (χ2v) is 10.7. The number of likely N-dealkylation sites (tertiary alicyclic amines) is 1. The molecule has 9 heteroatoms. The summed E-state index contributed by atoms with van der Waals surface area (Å²) in [5, 5.41) is 22.7. The van der Waals surface area contributed by atoms with Crippen LogP contribution < -0.4 is 14.2 Å². The van der Waals surface area contributed by atoms with E-state index in [9.17, 15) is 10.2 Å². The molecule has 0 radical (unpaired) electrons. The Hall–Kier alpha value is -2.78. The van der Waals surface area contributed by atoms with E-state index >= 15 is 0 Å². The third-order valence-electron chi connectivity index (χ3n) is 7.29. The lowest BCUT2D eigenvalue weighted by Crippen LogP contribution is -2.59. The van der Waals surface area contributed by atoms with Crippen LogP contribution >= 0.6 is 11.6 Å². The van der Waals surface area contributed by atoms with Gasteiger partial charge in [-0.15, -0.1) is 0 Å². The number of rotatable bonds is 12. The minimum absolute atomic E-state index is 0.0138. The number of hydrogen-bond donors (Lipinski definition) is 2. The maximum Gasteiger partial charge on any atom is 0.161 e. The van der Waals surface area contributed by atoms with E-state index in [2.05, 4.69) is 21.4 Å². The predicted octanol–water partition coefficient (Wildman–Crippen LogP) is 4.57. The summed E-state index contributed by atoms with van der Waals surface area (Å²) in [5.41, 5.74) is 1.47. The molecule has 2 N–H and O–H groups in total.